The molecule has 4 N–H and O–H groups in total. The SMILES string of the molecule is CC(S)S.O=C(O)CCC(=O)O.O=C(O)CCC(=O)O. The van der Waals surface area contributed by atoms with Gasteiger partial charge in [0.1, 0.15) is 0 Å². The second-order valence-corrected chi connectivity index (χ2v) is 5.16. The first kappa shape index (κ1) is 23.7. The van der Waals surface area contributed by atoms with Crippen LogP contribution in [0.15, 0.2) is 0 Å². The van der Waals surface area contributed by atoms with Gasteiger partial charge in [0.15, 0.2) is 0 Å². The van der Waals surface area contributed by atoms with Crippen molar-refractivity contribution in [3.8, 4) is 0 Å². The van der Waals surface area contributed by atoms with Gasteiger partial charge in [0, 0.05) is 4.58 Å². The molecule has 0 rings (SSSR count). The summed E-state index contributed by atoms with van der Waals surface area (Å²) >= 11 is 7.66. The molecule has 0 heterocycles. The van der Waals surface area contributed by atoms with Crippen LogP contribution >= 0.6 is 25.3 Å². The molecule has 0 bridgehead atoms. The van der Waals surface area contributed by atoms with Crippen molar-refractivity contribution in [1.82, 2.24) is 0 Å². The molecule has 0 saturated heterocycles. The summed E-state index contributed by atoms with van der Waals surface area (Å²) in [6.45, 7) is 1.90. The van der Waals surface area contributed by atoms with Gasteiger partial charge in [-0.3, -0.25) is 19.2 Å². The zero-order valence-corrected chi connectivity index (χ0v) is 12.5. The Morgan fingerprint density at radius 2 is 0.800 bits per heavy atom. The zero-order chi connectivity index (χ0) is 16.7. The highest BCUT2D eigenvalue weighted by molar-refractivity contribution is 7.99. The van der Waals surface area contributed by atoms with E-state index < -0.39 is 23.9 Å². The quantitative estimate of drug-likeness (QED) is 0.313. The van der Waals surface area contributed by atoms with Crippen molar-refractivity contribution in [3.63, 3.8) is 0 Å². The first-order chi connectivity index (χ1) is 8.98. The van der Waals surface area contributed by atoms with Gasteiger partial charge in [0.05, 0.1) is 25.7 Å². The third-order valence-corrected chi connectivity index (χ3v) is 1.11. The summed E-state index contributed by atoms with van der Waals surface area (Å²) in [5, 5.41) is 31.6. The van der Waals surface area contributed by atoms with E-state index in [4.69, 9.17) is 20.4 Å². The van der Waals surface area contributed by atoms with Gasteiger partial charge in [-0.15, -0.1) is 0 Å². The van der Waals surface area contributed by atoms with Crippen LogP contribution in [-0.2, 0) is 19.2 Å². The molecule has 0 aromatic rings. The van der Waals surface area contributed by atoms with Crippen LogP contribution in [0.25, 0.3) is 0 Å². The number of carboxylic acids is 4. The van der Waals surface area contributed by atoms with E-state index in [1.807, 2.05) is 6.92 Å². The number of carbonyl (C=O) groups is 4. The molecule has 118 valence electrons. The lowest BCUT2D eigenvalue weighted by Crippen LogP contribution is -2.00. The van der Waals surface area contributed by atoms with Crippen LogP contribution < -0.4 is 0 Å². The summed E-state index contributed by atoms with van der Waals surface area (Å²) in [5.41, 5.74) is 0. The second-order valence-electron chi connectivity index (χ2n) is 3.21. The molecular formula is C10H18O8S2. The maximum Gasteiger partial charge on any atom is 0.303 e. The van der Waals surface area contributed by atoms with E-state index in [1.165, 1.54) is 0 Å². The van der Waals surface area contributed by atoms with Crippen molar-refractivity contribution < 1.29 is 39.6 Å². The number of carboxylic acid groups (broad SMARTS) is 4. The Bertz CT molecular complexity index is 258. The number of rotatable bonds is 6. The molecule has 0 aliphatic carbocycles. The fourth-order valence-corrected chi connectivity index (χ4v) is 0.428. The van der Waals surface area contributed by atoms with Crippen molar-refractivity contribution in [2.45, 2.75) is 37.2 Å². The number of hydrogen-bond donors (Lipinski definition) is 6. The third-order valence-electron chi connectivity index (χ3n) is 1.11. The highest BCUT2D eigenvalue weighted by Crippen LogP contribution is 1.93. The molecule has 0 fully saturated rings. The minimum absolute atomic E-state index is 0.222. The highest BCUT2D eigenvalue weighted by Gasteiger charge is 2.00. The van der Waals surface area contributed by atoms with Gasteiger partial charge in [-0.25, -0.2) is 0 Å². The van der Waals surface area contributed by atoms with E-state index in [-0.39, 0.29) is 30.3 Å². The van der Waals surface area contributed by atoms with Crippen LogP contribution in [0.5, 0.6) is 0 Å². The molecule has 0 aliphatic rings. The molecule has 0 unspecified atom stereocenters. The molecule has 0 spiro atoms. The van der Waals surface area contributed by atoms with Gasteiger partial charge < -0.3 is 20.4 Å². The summed E-state index contributed by atoms with van der Waals surface area (Å²) in [6, 6.07) is 0. The molecule has 8 nitrogen and oxygen atoms in total. The molecule has 0 aliphatic heterocycles. The maximum atomic E-state index is 9.64. The lowest BCUT2D eigenvalue weighted by atomic mass is 10.3. The van der Waals surface area contributed by atoms with E-state index >= 15 is 0 Å². The number of hydrogen-bond acceptors (Lipinski definition) is 6. The normalized spacial score (nSPS) is 8.60. The van der Waals surface area contributed by atoms with Gasteiger partial charge in [-0.05, 0) is 6.92 Å². The fraction of sp³-hybridized carbons (Fsp3) is 0.600. The minimum Gasteiger partial charge on any atom is -0.481 e. The van der Waals surface area contributed by atoms with E-state index in [0.717, 1.165) is 0 Å². The zero-order valence-electron chi connectivity index (χ0n) is 10.7. The van der Waals surface area contributed by atoms with Crippen molar-refractivity contribution in [2.75, 3.05) is 0 Å². The van der Waals surface area contributed by atoms with Crippen LogP contribution in [0.2, 0.25) is 0 Å². The van der Waals surface area contributed by atoms with Crippen molar-refractivity contribution in [3.05, 3.63) is 0 Å². The smallest absolute Gasteiger partial charge is 0.303 e. The summed E-state index contributed by atoms with van der Waals surface area (Å²) in [7, 11) is 0. The summed E-state index contributed by atoms with van der Waals surface area (Å²) in [5.74, 6) is -4.31. The van der Waals surface area contributed by atoms with Crippen molar-refractivity contribution >= 4 is 49.1 Å². The Morgan fingerprint density at radius 3 is 0.850 bits per heavy atom. The van der Waals surface area contributed by atoms with Gasteiger partial charge in [0.25, 0.3) is 0 Å². The first-order valence-corrected chi connectivity index (χ1v) is 6.25. The Balaban J connectivity index is -0.000000230. The van der Waals surface area contributed by atoms with Gasteiger partial charge in [0.2, 0.25) is 0 Å². The maximum absolute atomic E-state index is 9.64. The summed E-state index contributed by atoms with van der Waals surface area (Å²) in [4.78, 5) is 38.6. The molecular weight excluding hydrogens is 312 g/mol. The molecule has 20 heavy (non-hydrogen) atoms. The topological polar surface area (TPSA) is 149 Å². The van der Waals surface area contributed by atoms with Crippen LogP contribution in [0, 0.1) is 0 Å². The fourth-order valence-electron chi connectivity index (χ4n) is 0.428. The number of aliphatic carboxylic acids is 4. The standard InChI is InChI=1S/2C4H6O4.C2H6S2/c2*5-3(6)1-2-4(7)8;1-2(3)4/h2*1-2H2,(H,5,6)(H,7,8);2-4H,1H3. The van der Waals surface area contributed by atoms with Crippen molar-refractivity contribution in [1.29, 1.82) is 0 Å². The second kappa shape index (κ2) is 15.6. The van der Waals surface area contributed by atoms with E-state index in [9.17, 15) is 19.2 Å². The van der Waals surface area contributed by atoms with Crippen LogP contribution in [-0.4, -0.2) is 48.9 Å². The van der Waals surface area contributed by atoms with E-state index in [1.54, 1.807) is 0 Å². The minimum atomic E-state index is -1.08. The molecule has 0 saturated carbocycles. The Kier molecular flexibility index (Phi) is 18.5. The lowest BCUT2D eigenvalue weighted by molar-refractivity contribution is -0.143. The molecule has 0 amide bonds. The van der Waals surface area contributed by atoms with Crippen LogP contribution in [0.4, 0.5) is 0 Å². The predicted octanol–water partition coefficient (Wildman–Crippen LogP) is 1.06. The molecule has 0 aromatic heterocycles. The monoisotopic (exact) mass is 330 g/mol. The molecule has 0 radical (unpaired) electrons. The molecule has 0 aromatic carbocycles. The Morgan fingerprint density at radius 1 is 0.700 bits per heavy atom. The van der Waals surface area contributed by atoms with Gasteiger partial charge in [-0.2, -0.15) is 25.3 Å². The third kappa shape index (κ3) is 54.7. The predicted molar refractivity (Wildman–Crippen MR) is 76.4 cm³/mol. The average Bonchev–Trinajstić information content (AvgIpc) is 2.23. The molecule has 0 atom stereocenters. The molecule has 10 heteroatoms. The number of thiol groups is 2. The van der Waals surface area contributed by atoms with Gasteiger partial charge in [-0.1, -0.05) is 0 Å². The largest absolute Gasteiger partial charge is 0.481 e. The van der Waals surface area contributed by atoms with Crippen molar-refractivity contribution in [2.24, 2.45) is 0 Å². The summed E-state index contributed by atoms with van der Waals surface area (Å²) < 4.78 is 0.222. The summed E-state index contributed by atoms with van der Waals surface area (Å²) in [6.07, 6.45) is -1.19. The Hall–Kier alpha value is -1.42. The van der Waals surface area contributed by atoms with Gasteiger partial charge >= 0.3 is 23.9 Å². The first-order valence-electron chi connectivity index (χ1n) is 5.22. The van der Waals surface area contributed by atoms with Crippen LogP contribution in [0.3, 0.4) is 0 Å². The lowest BCUT2D eigenvalue weighted by Gasteiger charge is -1.85. The Labute approximate surface area is 126 Å². The highest BCUT2D eigenvalue weighted by atomic mass is 32.2. The van der Waals surface area contributed by atoms with E-state index in [2.05, 4.69) is 25.3 Å². The average molecular weight is 330 g/mol. The van der Waals surface area contributed by atoms with E-state index in [0.29, 0.717) is 0 Å². The van der Waals surface area contributed by atoms with Crippen LogP contribution in [0.1, 0.15) is 32.6 Å².